The van der Waals surface area contributed by atoms with Gasteiger partial charge in [-0.25, -0.2) is 4.68 Å². The number of fused-ring (bicyclic) bond motifs is 1. The first-order valence-electron chi connectivity index (χ1n) is 8.19. The predicted octanol–water partition coefficient (Wildman–Crippen LogP) is 2.52. The molecule has 1 N–H and O–H groups in total. The lowest BCUT2D eigenvalue weighted by molar-refractivity contribution is -0.111. The second kappa shape index (κ2) is 6.24. The van der Waals surface area contributed by atoms with Crippen LogP contribution in [0.1, 0.15) is 62.2 Å². The van der Waals surface area contributed by atoms with Gasteiger partial charge < -0.3 is 9.90 Å². The molecule has 1 fully saturated rings. The molecule has 0 radical (unpaired) electrons. The van der Waals surface area contributed by atoms with E-state index < -0.39 is 12.6 Å². The van der Waals surface area contributed by atoms with Crippen LogP contribution >= 0.6 is 0 Å². The van der Waals surface area contributed by atoms with Crippen molar-refractivity contribution in [1.29, 1.82) is 0 Å². The molecule has 0 amide bonds. The minimum atomic E-state index is -0.935. The Morgan fingerprint density at radius 2 is 2.09 bits per heavy atom. The zero-order chi connectivity index (χ0) is 16.6. The van der Waals surface area contributed by atoms with Gasteiger partial charge in [-0.05, 0) is 42.4 Å². The number of hydrogen-bond acceptors (Lipinski definition) is 4. The van der Waals surface area contributed by atoms with E-state index in [1.54, 1.807) is 0 Å². The normalized spacial score (nSPS) is 16.5. The molecule has 0 bridgehead atoms. The zero-order valence-corrected chi connectivity index (χ0v) is 13.5. The van der Waals surface area contributed by atoms with E-state index >= 15 is 0 Å². The molecule has 1 aliphatic rings. The number of hydrogen-bond donors (Lipinski definition) is 1. The Morgan fingerprint density at radius 3 is 2.61 bits per heavy atom. The number of aromatic nitrogens is 2. The zero-order valence-electron chi connectivity index (χ0n) is 13.5. The van der Waals surface area contributed by atoms with Gasteiger partial charge in [-0.1, -0.05) is 26.3 Å². The molecule has 1 unspecified atom stereocenters. The highest BCUT2D eigenvalue weighted by Crippen LogP contribution is 2.37. The molecular formula is C18H22N2O3. The van der Waals surface area contributed by atoms with Crippen LogP contribution in [-0.2, 0) is 4.79 Å². The summed E-state index contributed by atoms with van der Waals surface area (Å²) in [6.07, 6.45) is 4.22. The number of carbonyl (C=O) groups excluding carboxylic acids is 1. The lowest BCUT2D eigenvalue weighted by atomic mass is 9.79. The number of aliphatic hydroxyl groups excluding tert-OH is 1. The molecule has 2 aromatic rings. The fourth-order valence-corrected chi connectivity index (χ4v) is 3.12. The molecule has 3 rings (SSSR count). The van der Waals surface area contributed by atoms with E-state index in [0.717, 1.165) is 15.8 Å². The number of aldehydes is 1. The summed E-state index contributed by atoms with van der Waals surface area (Å²) in [4.78, 5) is 23.8. The Balaban J connectivity index is 2.25. The molecule has 23 heavy (non-hydrogen) atoms. The van der Waals surface area contributed by atoms with Crippen molar-refractivity contribution >= 4 is 17.1 Å². The molecule has 0 spiro atoms. The molecule has 1 heterocycles. The molecule has 1 saturated carbocycles. The van der Waals surface area contributed by atoms with Crippen LogP contribution in [0.2, 0.25) is 0 Å². The first-order valence-corrected chi connectivity index (χ1v) is 8.19. The highest BCUT2D eigenvalue weighted by Gasteiger charge is 2.22. The maximum atomic E-state index is 12.7. The predicted molar refractivity (Wildman–Crippen MR) is 88.9 cm³/mol. The van der Waals surface area contributed by atoms with Crippen molar-refractivity contribution in [3.05, 3.63) is 39.8 Å². The molecular weight excluding hydrogens is 292 g/mol. The number of aliphatic hydroxyl groups is 1. The van der Waals surface area contributed by atoms with Crippen molar-refractivity contribution in [1.82, 2.24) is 9.78 Å². The highest BCUT2D eigenvalue weighted by atomic mass is 16.3. The molecule has 1 aliphatic carbocycles. The van der Waals surface area contributed by atoms with Gasteiger partial charge in [-0.15, -0.1) is 0 Å². The molecule has 1 atom stereocenters. The van der Waals surface area contributed by atoms with E-state index in [1.807, 2.05) is 26.0 Å². The van der Waals surface area contributed by atoms with Crippen molar-refractivity contribution in [3.63, 3.8) is 0 Å². The fourth-order valence-electron chi connectivity index (χ4n) is 3.12. The Kier molecular flexibility index (Phi) is 4.31. The second-order valence-corrected chi connectivity index (χ2v) is 6.61. The van der Waals surface area contributed by atoms with Gasteiger partial charge in [-0.3, -0.25) is 4.79 Å². The second-order valence-electron chi connectivity index (χ2n) is 6.61. The van der Waals surface area contributed by atoms with Gasteiger partial charge in [0.2, 0.25) is 0 Å². The lowest BCUT2D eigenvalue weighted by Crippen LogP contribution is -2.31. The Labute approximate surface area is 134 Å². The summed E-state index contributed by atoms with van der Waals surface area (Å²) in [7, 11) is 0. The minimum Gasteiger partial charge on any atom is -0.394 e. The molecule has 122 valence electrons. The standard InChI is InChI=1S/C18H22N2O3/c1-11(2)17-16-8-13(12-4-3-5-12)6-7-15(16)18(23)20(19-17)14(9-21)10-22/h6-9,11-12,14,22H,3-5,10H2,1-2H3. The average Bonchev–Trinajstić information content (AvgIpc) is 2.48. The Bertz CT molecular complexity index is 791. The number of carbonyl (C=O) groups is 1. The first kappa shape index (κ1) is 15.9. The molecule has 1 aromatic carbocycles. The van der Waals surface area contributed by atoms with Crippen LogP contribution in [0.5, 0.6) is 0 Å². The molecule has 5 nitrogen and oxygen atoms in total. The quantitative estimate of drug-likeness (QED) is 0.861. The average molecular weight is 314 g/mol. The molecule has 0 saturated heterocycles. The van der Waals surface area contributed by atoms with Crippen molar-refractivity contribution in [2.45, 2.75) is 51.0 Å². The minimum absolute atomic E-state index is 0.118. The van der Waals surface area contributed by atoms with Gasteiger partial charge in [0, 0.05) is 5.39 Å². The van der Waals surface area contributed by atoms with Gasteiger partial charge in [0.05, 0.1) is 17.7 Å². The first-order chi connectivity index (χ1) is 11.1. The number of rotatable bonds is 5. The summed E-state index contributed by atoms with van der Waals surface area (Å²) >= 11 is 0. The topological polar surface area (TPSA) is 72.2 Å². The fraction of sp³-hybridized carbons (Fsp3) is 0.500. The molecule has 1 aromatic heterocycles. The van der Waals surface area contributed by atoms with Gasteiger partial charge in [-0.2, -0.15) is 5.10 Å². The van der Waals surface area contributed by atoms with E-state index in [0.29, 0.717) is 17.6 Å². The summed E-state index contributed by atoms with van der Waals surface area (Å²) in [5, 5.41) is 15.2. The number of benzene rings is 1. The third-order valence-corrected chi connectivity index (χ3v) is 4.76. The smallest absolute Gasteiger partial charge is 0.275 e. The molecule has 5 heteroatoms. The van der Waals surface area contributed by atoms with E-state index in [4.69, 9.17) is 0 Å². The van der Waals surface area contributed by atoms with Crippen molar-refractivity contribution in [2.75, 3.05) is 6.61 Å². The van der Waals surface area contributed by atoms with E-state index in [1.165, 1.54) is 24.8 Å². The third kappa shape index (κ3) is 2.70. The maximum absolute atomic E-state index is 12.7. The van der Waals surface area contributed by atoms with Crippen LogP contribution < -0.4 is 5.56 Å². The van der Waals surface area contributed by atoms with E-state index in [-0.39, 0.29) is 11.5 Å². The van der Waals surface area contributed by atoms with Crippen LogP contribution in [0.15, 0.2) is 23.0 Å². The van der Waals surface area contributed by atoms with Crippen molar-refractivity contribution in [3.8, 4) is 0 Å². The highest BCUT2D eigenvalue weighted by molar-refractivity contribution is 5.85. The third-order valence-electron chi connectivity index (χ3n) is 4.76. The van der Waals surface area contributed by atoms with Gasteiger partial charge in [0.15, 0.2) is 0 Å². The summed E-state index contributed by atoms with van der Waals surface area (Å²) in [6.45, 7) is 3.60. The van der Waals surface area contributed by atoms with Crippen LogP contribution in [0.3, 0.4) is 0 Å². The SMILES string of the molecule is CC(C)c1nn(C(C=O)CO)c(=O)c2ccc(C3CCC3)cc12. The van der Waals surface area contributed by atoms with Crippen LogP contribution in [-0.4, -0.2) is 27.8 Å². The lowest BCUT2D eigenvalue weighted by Gasteiger charge is -2.26. The summed E-state index contributed by atoms with van der Waals surface area (Å²) in [5.74, 6) is 0.703. The van der Waals surface area contributed by atoms with Crippen LogP contribution in [0, 0.1) is 0 Å². The Morgan fingerprint density at radius 1 is 1.35 bits per heavy atom. The van der Waals surface area contributed by atoms with Gasteiger partial charge >= 0.3 is 0 Å². The van der Waals surface area contributed by atoms with Crippen LogP contribution in [0.4, 0.5) is 0 Å². The van der Waals surface area contributed by atoms with Crippen molar-refractivity contribution in [2.24, 2.45) is 0 Å². The largest absolute Gasteiger partial charge is 0.394 e. The van der Waals surface area contributed by atoms with Crippen LogP contribution in [0.25, 0.3) is 10.8 Å². The van der Waals surface area contributed by atoms with Gasteiger partial charge in [0.25, 0.3) is 5.56 Å². The monoisotopic (exact) mass is 314 g/mol. The molecule has 0 aliphatic heterocycles. The Hall–Kier alpha value is -2.01. The maximum Gasteiger partial charge on any atom is 0.275 e. The van der Waals surface area contributed by atoms with E-state index in [2.05, 4.69) is 11.2 Å². The van der Waals surface area contributed by atoms with Crippen molar-refractivity contribution < 1.29 is 9.90 Å². The summed E-state index contributed by atoms with van der Waals surface area (Å²) < 4.78 is 1.12. The van der Waals surface area contributed by atoms with Gasteiger partial charge in [0.1, 0.15) is 12.3 Å². The summed E-state index contributed by atoms with van der Waals surface area (Å²) in [5.41, 5.74) is 1.73. The van der Waals surface area contributed by atoms with E-state index in [9.17, 15) is 14.7 Å². The number of nitrogens with zero attached hydrogens (tertiary/aromatic N) is 2. The summed E-state index contributed by atoms with van der Waals surface area (Å²) in [6, 6.07) is 5.00.